The number of nitrogens with zero attached hydrogens (tertiary/aromatic N) is 4. The van der Waals surface area contributed by atoms with Crippen molar-refractivity contribution in [3.05, 3.63) is 60.2 Å². The maximum absolute atomic E-state index is 13.2. The van der Waals surface area contributed by atoms with E-state index in [-0.39, 0.29) is 18.5 Å². The van der Waals surface area contributed by atoms with E-state index in [9.17, 15) is 9.59 Å². The first-order chi connectivity index (χ1) is 14.0. The lowest BCUT2D eigenvalue weighted by atomic mass is 10.1. The second-order valence-corrected chi connectivity index (χ2v) is 7.65. The molecule has 2 aliphatic heterocycles. The van der Waals surface area contributed by atoms with Crippen LogP contribution in [0.4, 0.5) is 16.2 Å². The Bertz CT molecular complexity index is 880. The first kappa shape index (κ1) is 19.3. The number of amides is 3. The highest BCUT2D eigenvalue weighted by atomic mass is 16.2. The molecule has 152 valence electrons. The van der Waals surface area contributed by atoms with Gasteiger partial charge in [0.15, 0.2) is 0 Å². The van der Waals surface area contributed by atoms with Gasteiger partial charge in [0, 0.05) is 33.2 Å². The number of anilines is 2. The molecule has 0 unspecified atom stereocenters. The van der Waals surface area contributed by atoms with Crippen LogP contribution in [-0.2, 0) is 4.79 Å². The lowest BCUT2D eigenvalue weighted by Crippen LogP contribution is -2.45. The fraction of sp³-hybridized carbons (Fsp3) is 0.364. The Morgan fingerprint density at radius 2 is 1.59 bits per heavy atom. The summed E-state index contributed by atoms with van der Waals surface area (Å²) in [6.07, 6.45) is -0.403. The zero-order valence-corrected chi connectivity index (χ0v) is 16.9. The maximum Gasteiger partial charge on any atom is 0.324 e. The molecule has 0 spiro atoms. The summed E-state index contributed by atoms with van der Waals surface area (Å²) in [6.45, 7) is 3.88. The lowest BCUT2D eigenvalue weighted by Gasteiger charge is -2.35. The molecule has 1 atom stereocenters. The fourth-order valence-corrected chi connectivity index (χ4v) is 3.99. The van der Waals surface area contributed by atoms with Crippen molar-refractivity contribution in [2.24, 2.45) is 0 Å². The number of urea groups is 1. The molecule has 2 aromatic carbocycles. The van der Waals surface area contributed by atoms with Gasteiger partial charge in [-0.05, 0) is 24.7 Å². The number of nitrogens with one attached hydrogen (secondary N) is 1. The Morgan fingerprint density at radius 1 is 0.931 bits per heavy atom. The molecule has 0 saturated carbocycles. The van der Waals surface area contributed by atoms with Crippen LogP contribution in [0.1, 0.15) is 11.7 Å². The SMILES string of the molecule is CN1CCN(c2ccccc2NC(=O)N2CC(=O)N(C)[C@H]2c2ccccc2)CC1. The van der Waals surface area contributed by atoms with E-state index in [0.717, 1.165) is 43.1 Å². The van der Waals surface area contributed by atoms with Crippen LogP contribution in [0.25, 0.3) is 0 Å². The molecule has 1 N–H and O–H groups in total. The average Bonchev–Trinajstić information content (AvgIpc) is 3.04. The molecule has 0 aliphatic carbocycles. The van der Waals surface area contributed by atoms with Gasteiger partial charge < -0.3 is 20.0 Å². The van der Waals surface area contributed by atoms with Crippen molar-refractivity contribution in [2.75, 3.05) is 57.0 Å². The van der Waals surface area contributed by atoms with E-state index in [1.807, 2.05) is 54.6 Å². The highest BCUT2D eigenvalue weighted by Gasteiger charge is 2.39. The summed E-state index contributed by atoms with van der Waals surface area (Å²) in [5.74, 6) is -0.0682. The number of rotatable bonds is 3. The molecule has 29 heavy (non-hydrogen) atoms. The van der Waals surface area contributed by atoms with Crippen molar-refractivity contribution in [3.63, 3.8) is 0 Å². The van der Waals surface area contributed by atoms with Gasteiger partial charge in [-0.15, -0.1) is 0 Å². The minimum atomic E-state index is -0.403. The number of likely N-dealkylation sites (N-methyl/N-ethyl adjacent to an activating group) is 2. The van der Waals surface area contributed by atoms with Crippen LogP contribution in [0.3, 0.4) is 0 Å². The first-order valence-electron chi connectivity index (χ1n) is 9.95. The molecule has 0 radical (unpaired) electrons. The van der Waals surface area contributed by atoms with Crippen LogP contribution in [0.5, 0.6) is 0 Å². The molecule has 2 saturated heterocycles. The summed E-state index contributed by atoms with van der Waals surface area (Å²) >= 11 is 0. The third-order valence-electron chi connectivity index (χ3n) is 5.71. The van der Waals surface area contributed by atoms with Crippen molar-refractivity contribution >= 4 is 23.3 Å². The van der Waals surface area contributed by atoms with Crippen molar-refractivity contribution in [1.29, 1.82) is 0 Å². The molecule has 2 heterocycles. The van der Waals surface area contributed by atoms with Gasteiger partial charge in [0.05, 0.1) is 11.4 Å². The van der Waals surface area contributed by atoms with Crippen molar-refractivity contribution in [3.8, 4) is 0 Å². The molecular formula is C22H27N5O2. The van der Waals surface area contributed by atoms with Gasteiger partial charge in [-0.3, -0.25) is 9.69 Å². The minimum Gasteiger partial charge on any atom is -0.367 e. The average molecular weight is 393 g/mol. The largest absolute Gasteiger partial charge is 0.367 e. The summed E-state index contributed by atoms with van der Waals surface area (Å²) < 4.78 is 0. The molecular weight excluding hydrogens is 366 g/mol. The highest BCUT2D eigenvalue weighted by molar-refractivity contribution is 5.97. The molecule has 2 fully saturated rings. The number of carbonyl (C=O) groups excluding carboxylic acids is 2. The van der Waals surface area contributed by atoms with E-state index < -0.39 is 6.17 Å². The van der Waals surface area contributed by atoms with Crippen LogP contribution in [-0.4, -0.2) is 73.5 Å². The molecule has 7 heteroatoms. The third-order valence-corrected chi connectivity index (χ3v) is 5.71. The summed E-state index contributed by atoms with van der Waals surface area (Å²) in [4.78, 5) is 33.4. The number of carbonyl (C=O) groups is 2. The molecule has 7 nitrogen and oxygen atoms in total. The van der Waals surface area contributed by atoms with E-state index >= 15 is 0 Å². The van der Waals surface area contributed by atoms with Crippen LogP contribution in [0.15, 0.2) is 54.6 Å². The number of benzene rings is 2. The number of piperazine rings is 1. The van der Waals surface area contributed by atoms with Gasteiger partial charge in [-0.2, -0.15) is 0 Å². The van der Waals surface area contributed by atoms with Gasteiger partial charge in [0.25, 0.3) is 0 Å². The molecule has 2 aromatic rings. The Balaban J connectivity index is 1.56. The summed E-state index contributed by atoms with van der Waals surface area (Å²) in [5.41, 5.74) is 2.71. The predicted octanol–water partition coefficient (Wildman–Crippen LogP) is 2.44. The standard InChI is InChI=1S/C22H27N5O2/c1-24-12-14-26(15-13-24)19-11-7-6-10-18(19)23-22(29)27-16-20(28)25(2)21(27)17-8-4-3-5-9-17/h3-11,21H,12-16H2,1-2H3,(H,23,29)/t21-/m1/s1. The van der Waals surface area contributed by atoms with E-state index in [1.165, 1.54) is 0 Å². The molecule has 3 amide bonds. The quantitative estimate of drug-likeness (QED) is 0.870. The number of hydrogen-bond donors (Lipinski definition) is 1. The fourth-order valence-electron chi connectivity index (χ4n) is 3.99. The summed E-state index contributed by atoms with van der Waals surface area (Å²) in [7, 11) is 3.86. The minimum absolute atomic E-state index is 0.0680. The van der Waals surface area contributed by atoms with Gasteiger partial charge in [0.1, 0.15) is 12.7 Å². The third kappa shape index (κ3) is 3.91. The molecule has 0 bridgehead atoms. The Morgan fingerprint density at radius 3 is 2.31 bits per heavy atom. The Hall–Kier alpha value is -3.06. The zero-order chi connectivity index (χ0) is 20.4. The smallest absolute Gasteiger partial charge is 0.324 e. The summed E-state index contributed by atoms with van der Waals surface area (Å²) in [5, 5.41) is 3.05. The monoisotopic (exact) mass is 393 g/mol. The van der Waals surface area contributed by atoms with E-state index in [2.05, 4.69) is 22.2 Å². The lowest BCUT2D eigenvalue weighted by molar-refractivity contribution is -0.126. The second-order valence-electron chi connectivity index (χ2n) is 7.65. The van der Waals surface area contributed by atoms with Gasteiger partial charge in [-0.25, -0.2) is 4.79 Å². The van der Waals surface area contributed by atoms with E-state index in [1.54, 1.807) is 16.8 Å². The van der Waals surface area contributed by atoms with E-state index in [0.29, 0.717) is 0 Å². The topological polar surface area (TPSA) is 59.1 Å². The Labute approximate surface area is 171 Å². The van der Waals surface area contributed by atoms with Crippen molar-refractivity contribution < 1.29 is 9.59 Å². The van der Waals surface area contributed by atoms with E-state index in [4.69, 9.17) is 0 Å². The highest BCUT2D eigenvalue weighted by Crippen LogP contribution is 2.32. The van der Waals surface area contributed by atoms with Crippen molar-refractivity contribution in [2.45, 2.75) is 6.17 Å². The van der Waals surface area contributed by atoms with Crippen LogP contribution in [0.2, 0.25) is 0 Å². The van der Waals surface area contributed by atoms with Gasteiger partial charge in [-0.1, -0.05) is 42.5 Å². The molecule has 2 aliphatic rings. The second kappa shape index (κ2) is 8.13. The summed E-state index contributed by atoms with van der Waals surface area (Å²) in [6, 6.07) is 17.3. The maximum atomic E-state index is 13.2. The zero-order valence-electron chi connectivity index (χ0n) is 16.9. The first-order valence-corrected chi connectivity index (χ1v) is 9.95. The van der Waals surface area contributed by atoms with Crippen LogP contribution >= 0.6 is 0 Å². The predicted molar refractivity (Wildman–Crippen MR) is 114 cm³/mol. The number of hydrogen-bond acceptors (Lipinski definition) is 4. The number of para-hydroxylation sites is 2. The van der Waals surface area contributed by atoms with Crippen LogP contribution < -0.4 is 10.2 Å². The normalized spacial score (nSPS) is 20.3. The Kier molecular flexibility index (Phi) is 5.40. The molecule has 0 aromatic heterocycles. The van der Waals surface area contributed by atoms with Crippen molar-refractivity contribution in [1.82, 2.24) is 14.7 Å². The van der Waals surface area contributed by atoms with Gasteiger partial charge in [0.2, 0.25) is 5.91 Å². The van der Waals surface area contributed by atoms with Crippen LogP contribution in [0, 0.1) is 0 Å². The van der Waals surface area contributed by atoms with Gasteiger partial charge >= 0.3 is 6.03 Å². The molecule has 4 rings (SSSR count).